The number of aromatic amines is 1. The van der Waals surface area contributed by atoms with Gasteiger partial charge in [-0.2, -0.15) is 4.31 Å². The number of H-pyrrole nitrogens is 1. The van der Waals surface area contributed by atoms with Crippen molar-refractivity contribution in [2.75, 3.05) is 14.2 Å². The second-order valence-electron chi connectivity index (χ2n) is 8.08. The number of esters is 1. The first-order valence-corrected chi connectivity index (χ1v) is 12.2. The van der Waals surface area contributed by atoms with Crippen LogP contribution in [0.15, 0.2) is 58.2 Å². The molecule has 0 bridgehead atoms. The van der Waals surface area contributed by atoms with Crippen molar-refractivity contribution in [2.24, 2.45) is 0 Å². The van der Waals surface area contributed by atoms with E-state index in [1.807, 2.05) is 0 Å². The highest BCUT2D eigenvalue weighted by atomic mass is 32.2. The quantitative estimate of drug-likeness (QED) is 0.530. The average Bonchev–Trinajstić information content (AvgIpc) is 3.36. The van der Waals surface area contributed by atoms with Crippen LogP contribution in [0, 0.1) is 0 Å². The zero-order valence-corrected chi connectivity index (χ0v) is 19.4. The molecule has 0 unspecified atom stereocenters. The molecule has 2 aromatic carbocycles. The molecule has 0 aliphatic heterocycles. The number of nitrogens with zero attached hydrogens (tertiary/aromatic N) is 1. The highest BCUT2D eigenvalue weighted by molar-refractivity contribution is 7.89. The number of carbonyl (C=O) groups excluding carboxylic acids is 1. The molecule has 1 aromatic heterocycles. The molecule has 0 atom stereocenters. The van der Waals surface area contributed by atoms with E-state index in [4.69, 9.17) is 4.74 Å². The van der Waals surface area contributed by atoms with Crippen LogP contribution in [-0.4, -0.2) is 43.9 Å². The number of sulfonamides is 1. The summed E-state index contributed by atoms with van der Waals surface area (Å²) in [5, 5.41) is 0.759. The Bertz CT molecular complexity index is 1330. The van der Waals surface area contributed by atoms with Gasteiger partial charge >= 0.3 is 5.97 Å². The number of carbonyl (C=O) groups is 1. The highest BCUT2D eigenvalue weighted by Crippen LogP contribution is 2.30. The van der Waals surface area contributed by atoms with E-state index in [-0.39, 0.29) is 28.6 Å². The predicted octanol–water partition coefficient (Wildman–Crippen LogP) is 3.46. The number of methoxy groups -OCH3 is 2. The van der Waals surface area contributed by atoms with Gasteiger partial charge in [0.2, 0.25) is 10.0 Å². The monoisotopic (exact) mass is 470 g/mol. The molecule has 9 heteroatoms. The van der Waals surface area contributed by atoms with Crippen LogP contribution in [0.5, 0.6) is 5.75 Å². The Morgan fingerprint density at radius 2 is 1.76 bits per heavy atom. The standard InChI is InChI=1S/C24H26N2O6S/c1-31-20-9-12-22-17(14-20)13-18(23(27)25-22)15-26(19-5-3-4-6-19)33(29,30)21-10-7-16(8-11-21)24(28)32-2/h7-14,19H,3-6,15H2,1-2H3,(H,25,27). The fourth-order valence-corrected chi connectivity index (χ4v) is 5.92. The number of hydrogen-bond donors (Lipinski definition) is 1. The van der Waals surface area contributed by atoms with E-state index in [9.17, 15) is 18.0 Å². The number of aromatic nitrogens is 1. The molecule has 0 spiro atoms. The van der Waals surface area contributed by atoms with E-state index < -0.39 is 16.0 Å². The molecule has 1 heterocycles. The lowest BCUT2D eigenvalue weighted by atomic mass is 10.1. The average molecular weight is 471 g/mol. The molecular weight excluding hydrogens is 444 g/mol. The molecule has 1 saturated carbocycles. The first kappa shape index (κ1) is 23.0. The van der Waals surface area contributed by atoms with Gasteiger partial charge in [-0.25, -0.2) is 13.2 Å². The number of fused-ring (bicyclic) bond motifs is 1. The van der Waals surface area contributed by atoms with E-state index in [1.54, 1.807) is 31.4 Å². The van der Waals surface area contributed by atoms with E-state index in [0.29, 0.717) is 16.8 Å². The highest BCUT2D eigenvalue weighted by Gasteiger charge is 2.34. The topological polar surface area (TPSA) is 106 Å². The van der Waals surface area contributed by atoms with Gasteiger partial charge in [-0.05, 0) is 61.4 Å². The second kappa shape index (κ2) is 9.36. The van der Waals surface area contributed by atoms with Crippen LogP contribution < -0.4 is 10.3 Å². The van der Waals surface area contributed by atoms with E-state index in [2.05, 4.69) is 9.72 Å². The summed E-state index contributed by atoms with van der Waals surface area (Å²) in [4.78, 5) is 27.4. The van der Waals surface area contributed by atoms with Crippen molar-refractivity contribution in [3.8, 4) is 5.75 Å². The summed E-state index contributed by atoms with van der Waals surface area (Å²) in [7, 11) is -1.08. The van der Waals surface area contributed by atoms with E-state index >= 15 is 0 Å². The number of benzene rings is 2. The lowest BCUT2D eigenvalue weighted by Gasteiger charge is -2.28. The third kappa shape index (κ3) is 4.65. The van der Waals surface area contributed by atoms with Crippen molar-refractivity contribution in [2.45, 2.75) is 43.2 Å². The largest absolute Gasteiger partial charge is 0.497 e. The minimum atomic E-state index is -3.91. The maximum atomic E-state index is 13.6. The van der Waals surface area contributed by atoms with E-state index in [0.717, 1.165) is 31.1 Å². The Labute approximate surface area is 192 Å². The Morgan fingerprint density at radius 3 is 2.39 bits per heavy atom. The smallest absolute Gasteiger partial charge is 0.337 e. The van der Waals surface area contributed by atoms with Gasteiger partial charge in [0.15, 0.2) is 0 Å². The van der Waals surface area contributed by atoms with Crippen molar-refractivity contribution >= 4 is 26.9 Å². The van der Waals surface area contributed by atoms with Crippen LogP contribution in [0.3, 0.4) is 0 Å². The normalized spacial score (nSPS) is 14.6. The number of ether oxygens (including phenoxy) is 2. The van der Waals surface area contributed by atoms with Crippen LogP contribution in [0.4, 0.5) is 0 Å². The number of pyridine rings is 1. The van der Waals surface area contributed by atoms with Crippen molar-refractivity contribution in [1.29, 1.82) is 0 Å². The van der Waals surface area contributed by atoms with Gasteiger partial charge in [0.05, 0.1) is 24.7 Å². The van der Waals surface area contributed by atoms with Crippen molar-refractivity contribution < 1.29 is 22.7 Å². The van der Waals surface area contributed by atoms with Crippen LogP contribution >= 0.6 is 0 Å². The van der Waals surface area contributed by atoms with Crippen molar-refractivity contribution in [3.05, 3.63) is 70.0 Å². The first-order chi connectivity index (χ1) is 15.8. The lowest BCUT2D eigenvalue weighted by Crippen LogP contribution is -2.39. The number of nitrogens with one attached hydrogen (secondary N) is 1. The van der Waals surface area contributed by atoms with Crippen molar-refractivity contribution in [1.82, 2.24) is 9.29 Å². The predicted molar refractivity (Wildman–Crippen MR) is 124 cm³/mol. The third-order valence-corrected chi connectivity index (χ3v) is 7.98. The first-order valence-electron chi connectivity index (χ1n) is 10.7. The number of rotatable bonds is 7. The summed E-state index contributed by atoms with van der Waals surface area (Å²) in [6.45, 7) is -0.0474. The van der Waals surface area contributed by atoms with E-state index in [1.165, 1.54) is 35.7 Å². The Morgan fingerprint density at radius 1 is 1.06 bits per heavy atom. The van der Waals surface area contributed by atoms with Gasteiger partial charge < -0.3 is 14.5 Å². The maximum Gasteiger partial charge on any atom is 0.337 e. The molecule has 3 aromatic rings. The summed E-state index contributed by atoms with van der Waals surface area (Å²) >= 11 is 0. The van der Waals surface area contributed by atoms with Crippen molar-refractivity contribution in [3.63, 3.8) is 0 Å². The molecule has 4 rings (SSSR count). The summed E-state index contributed by atoms with van der Waals surface area (Å²) in [6, 6.07) is 12.5. The Hall–Kier alpha value is -3.17. The summed E-state index contributed by atoms with van der Waals surface area (Å²) < 4.78 is 38.6. The zero-order chi connectivity index (χ0) is 23.6. The van der Waals surface area contributed by atoms with Crippen LogP contribution in [0.25, 0.3) is 10.9 Å². The molecule has 0 radical (unpaired) electrons. The van der Waals surface area contributed by atoms with Crippen LogP contribution in [-0.2, 0) is 21.3 Å². The molecule has 174 valence electrons. The fraction of sp³-hybridized carbons (Fsp3) is 0.333. The lowest BCUT2D eigenvalue weighted by molar-refractivity contribution is 0.0600. The summed E-state index contributed by atoms with van der Waals surface area (Å²) in [5.41, 5.74) is 0.950. The fourth-order valence-electron chi connectivity index (χ4n) is 4.26. The van der Waals surface area contributed by atoms with Gasteiger partial charge in [-0.1, -0.05) is 12.8 Å². The Balaban J connectivity index is 1.73. The molecule has 33 heavy (non-hydrogen) atoms. The van der Waals surface area contributed by atoms with Gasteiger partial charge in [0, 0.05) is 29.1 Å². The molecular formula is C24H26N2O6S. The molecule has 1 aliphatic carbocycles. The third-order valence-electron chi connectivity index (χ3n) is 6.07. The van der Waals surface area contributed by atoms with Gasteiger partial charge in [0.25, 0.3) is 5.56 Å². The van der Waals surface area contributed by atoms with Gasteiger partial charge in [-0.3, -0.25) is 4.79 Å². The number of hydrogen-bond acceptors (Lipinski definition) is 6. The Kier molecular flexibility index (Phi) is 6.53. The summed E-state index contributed by atoms with van der Waals surface area (Å²) in [6.07, 6.45) is 3.34. The molecule has 1 N–H and O–H groups in total. The zero-order valence-electron chi connectivity index (χ0n) is 18.5. The summed E-state index contributed by atoms with van der Waals surface area (Å²) in [5.74, 6) is 0.108. The SMILES string of the molecule is COC(=O)c1ccc(S(=O)(=O)N(Cc2cc3cc(OC)ccc3[nH]c2=O)C2CCCC2)cc1. The molecule has 1 aliphatic rings. The van der Waals surface area contributed by atoms with Crippen LogP contribution in [0.2, 0.25) is 0 Å². The van der Waals surface area contributed by atoms with Crippen LogP contribution in [0.1, 0.15) is 41.6 Å². The maximum absolute atomic E-state index is 13.6. The molecule has 0 saturated heterocycles. The van der Waals surface area contributed by atoms with Gasteiger partial charge in [0.1, 0.15) is 5.75 Å². The molecule has 1 fully saturated rings. The minimum absolute atomic E-state index is 0.0474. The minimum Gasteiger partial charge on any atom is -0.497 e. The van der Waals surface area contributed by atoms with Gasteiger partial charge in [-0.15, -0.1) is 0 Å². The molecule has 0 amide bonds. The second-order valence-corrected chi connectivity index (χ2v) is 9.97. The molecule has 8 nitrogen and oxygen atoms in total.